The van der Waals surface area contributed by atoms with Crippen molar-refractivity contribution in [2.75, 3.05) is 18.4 Å². The number of hydrogen-bond donors (Lipinski definition) is 2. The van der Waals surface area contributed by atoms with Gasteiger partial charge in [0.1, 0.15) is 34.3 Å². The molecule has 2 aromatic rings. The fourth-order valence-electron chi connectivity index (χ4n) is 3.11. The van der Waals surface area contributed by atoms with Crippen LogP contribution in [0.15, 0.2) is 12.4 Å². The van der Waals surface area contributed by atoms with E-state index in [0.29, 0.717) is 0 Å². The van der Waals surface area contributed by atoms with Crippen molar-refractivity contribution in [3.63, 3.8) is 0 Å². The lowest BCUT2D eigenvalue weighted by atomic mass is 10.0. The molecule has 1 aliphatic rings. The van der Waals surface area contributed by atoms with Crippen LogP contribution in [-0.4, -0.2) is 62.8 Å². The summed E-state index contributed by atoms with van der Waals surface area (Å²) < 4.78 is 19.6. The first-order valence-corrected chi connectivity index (χ1v) is 9.41. The highest BCUT2D eigenvalue weighted by atomic mass is 35.5. The maximum absolute atomic E-state index is 14.3. The quantitative estimate of drug-likeness (QED) is 0.725. The van der Waals surface area contributed by atoms with Crippen molar-refractivity contribution in [2.24, 2.45) is 5.73 Å². The largest absolute Gasteiger partial charge is 0.444 e. The van der Waals surface area contributed by atoms with E-state index < -0.39 is 29.8 Å². The van der Waals surface area contributed by atoms with Gasteiger partial charge >= 0.3 is 6.09 Å². The number of likely N-dealkylation sites (tertiary alicyclic amines) is 1. The van der Waals surface area contributed by atoms with Gasteiger partial charge in [-0.15, -0.1) is 0 Å². The van der Waals surface area contributed by atoms with Crippen molar-refractivity contribution in [1.29, 1.82) is 0 Å². The van der Waals surface area contributed by atoms with Gasteiger partial charge in [0.15, 0.2) is 5.82 Å². The Labute approximate surface area is 171 Å². The molecule has 2 unspecified atom stereocenters. The number of carbonyl (C=O) groups is 2. The van der Waals surface area contributed by atoms with Crippen molar-refractivity contribution in [2.45, 2.75) is 45.0 Å². The lowest BCUT2D eigenvalue weighted by molar-refractivity contribution is 0.0124. The summed E-state index contributed by atoms with van der Waals surface area (Å²) in [5.74, 6) is -0.440. The third-order valence-electron chi connectivity index (χ3n) is 4.22. The van der Waals surface area contributed by atoms with Crippen LogP contribution in [0.5, 0.6) is 0 Å². The van der Waals surface area contributed by atoms with Crippen LogP contribution in [0, 0.1) is 0 Å². The zero-order chi connectivity index (χ0) is 21.3. The summed E-state index contributed by atoms with van der Waals surface area (Å²) in [5.41, 5.74) is 5.28. The van der Waals surface area contributed by atoms with E-state index in [1.165, 1.54) is 17.3 Å². The minimum atomic E-state index is -1.24. The minimum Gasteiger partial charge on any atom is -0.444 e. The maximum atomic E-state index is 14.3. The number of alkyl halides is 1. The Morgan fingerprint density at radius 3 is 2.69 bits per heavy atom. The Kier molecular flexibility index (Phi) is 5.74. The Morgan fingerprint density at radius 1 is 1.31 bits per heavy atom. The number of rotatable bonds is 3. The molecular formula is C18H22ClFN6O3. The van der Waals surface area contributed by atoms with Crippen molar-refractivity contribution in [3.05, 3.63) is 23.1 Å². The summed E-state index contributed by atoms with van der Waals surface area (Å²) >= 11 is 6.00. The Balaban J connectivity index is 1.86. The summed E-state index contributed by atoms with van der Waals surface area (Å²) in [5, 5.41) is 3.13. The van der Waals surface area contributed by atoms with Crippen LogP contribution in [0.2, 0.25) is 5.15 Å². The number of ether oxygens (including phenoxy) is 1. The number of amides is 2. The lowest BCUT2D eigenvalue weighted by Crippen LogP contribution is -2.51. The number of fused-ring (bicyclic) bond motifs is 1. The Bertz CT molecular complexity index is 951. The summed E-state index contributed by atoms with van der Waals surface area (Å²) in [6.45, 7) is 5.40. The van der Waals surface area contributed by atoms with Crippen molar-refractivity contribution >= 4 is 40.5 Å². The van der Waals surface area contributed by atoms with E-state index in [-0.39, 0.29) is 47.1 Å². The van der Waals surface area contributed by atoms with E-state index in [4.69, 9.17) is 22.1 Å². The summed E-state index contributed by atoms with van der Waals surface area (Å²) in [4.78, 5) is 37.7. The number of carbonyl (C=O) groups excluding carboxylic acids is 2. The number of nitrogens with zero attached hydrogens (tertiary/aromatic N) is 4. The molecule has 1 saturated heterocycles. The van der Waals surface area contributed by atoms with Gasteiger partial charge < -0.3 is 20.7 Å². The van der Waals surface area contributed by atoms with Gasteiger partial charge in [0, 0.05) is 19.0 Å². The highest BCUT2D eigenvalue weighted by Gasteiger charge is 2.33. The van der Waals surface area contributed by atoms with E-state index >= 15 is 0 Å². The molecule has 0 saturated carbocycles. The molecule has 156 valence electrons. The van der Waals surface area contributed by atoms with E-state index in [9.17, 15) is 14.0 Å². The zero-order valence-corrected chi connectivity index (χ0v) is 17.0. The molecule has 9 nitrogen and oxygen atoms in total. The van der Waals surface area contributed by atoms with Gasteiger partial charge in [-0.05, 0) is 26.8 Å². The third-order valence-corrected chi connectivity index (χ3v) is 4.41. The molecule has 2 aromatic heterocycles. The fraction of sp³-hybridized carbons (Fsp3) is 0.500. The molecule has 0 aromatic carbocycles. The number of hydrogen-bond acceptors (Lipinski definition) is 7. The van der Waals surface area contributed by atoms with Crippen LogP contribution < -0.4 is 11.1 Å². The third kappa shape index (κ3) is 5.00. The van der Waals surface area contributed by atoms with E-state index in [1.807, 2.05) is 0 Å². The van der Waals surface area contributed by atoms with Crippen molar-refractivity contribution < 1.29 is 18.7 Å². The SMILES string of the molecule is CC(C)(C)OC(=O)N1CC(F)CC(Nc2ncnc3c(C(N)=O)cc(Cl)nc23)C1. The number of primary amides is 1. The molecule has 0 bridgehead atoms. The predicted molar refractivity (Wildman–Crippen MR) is 106 cm³/mol. The normalized spacial score (nSPS) is 19.8. The van der Waals surface area contributed by atoms with Gasteiger partial charge in [-0.25, -0.2) is 24.1 Å². The highest BCUT2D eigenvalue weighted by molar-refractivity contribution is 6.30. The maximum Gasteiger partial charge on any atom is 0.410 e. The summed E-state index contributed by atoms with van der Waals surface area (Å²) in [6.07, 6.45) is -0.418. The topological polar surface area (TPSA) is 123 Å². The molecule has 2 atom stereocenters. The number of halogens is 2. The van der Waals surface area contributed by atoms with Gasteiger partial charge in [-0.2, -0.15) is 0 Å². The summed E-state index contributed by atoms with van der Waals surface area (Å²) in [6, 6.07) is 0.869. The average molecular weight is 425 g/mol. The fourth-order valence-corrected chi connectivity index (χ4v) is 3.31. The van der Waals surface area contributed by atoms with Crippen LogP contribution in [0.1, 0.15) is 37.6 Å². The molecule has 3 heterocycles. The van der Waals surface area contributed by atoms with Gasteiger partial charge in [0.05, 0.1) is 12.1 Å². The zero-order valence-electron chi connectivity index (χ0n) is 16.3. The highest BCUT2D eigenvalue weighted by Crippen LogP contribution is 2.26. The molecular weight excluding hydrogens is 403 g/mol. The number of nitrogens with two attached hydrogens (primary N) is 1. The van der Waals surface area contributed by atoms with Crippen molar-refractivity contribution in [1.82, 2.24) is 19.9 Å². The van der Waals surface area contributed by atoms with E-state index in [2.05, 4.69) is 20.3 Å². The van der Waals surface area contributed by atoms with E-state index in [0.717, 1.165) is 0 Å². The molecule has 2 amide bonds. The second-order valence-electron chi connectivity index (χ2n) is 7.84. The van der Waals surface area contributed by atoms with Crippen LogP contribution >= 0.6 is 11.6 Å². The van der Waals surface area contributed by atoms with Gasteiger partial charge in [0.2, 0.25) is 0 Å². The van der Waals surface area contributed by atoms with Gasteiger partial charge in [-0.1, -0.05) is 11.6 Å². The van der Waals surface area contributed by atoms with Crippen LogP contribution in [0.25, 0.3) is 11.0 Å². The number of aromatic nitrogens is 3. The molecule has 29 heavy (non-hydrogen) atoms. The first-order chi connectivity index (χ1) is 13.5. The number of pyridine rings is 1. The molecule has 0 spiro atoms. The molecule has 3 rings (SSSR count). The molecule has 1 aliphatic heterocycles. The van der Waals surface area contributed by atoms with Crippen LogP contribution in [-0.2, 0) is 4.74 Å². The lowest BCUT2D eigenvalue weighted by Gasteiger charge is -2.36. The number of anilines is 1. The number of nitrogens with one attached hydrogen (secondary N) is 1. The average Bonchev–Trinajstić information content (AvgIpc) is 2.59. The second kappa shape index (κ2) is 7.94. The first-order valence-electron chi connectivity index (χ1n) is 9.03. The Morgan fingerprint density at radius 2 is 2.03 bits per heavy atom. The smallest absolute Gasteiger partial charge is 0.410 e. The molecule has 0 radical (unpaired) electrons. The first kappa shape index (κ1) is 21.0. The predicted octanol–water partition coefficient (Wildman–Crippen LogP) is 2.54. The standard InChI is InChI=1S/C18H22ClFN6O3/c1-18(2,3)29-17(28)26-6-9(20)4-10(7-26)24-16-14-13(22-8-23-16)11(15(21)27)5-12(19)25-14/h5,8-10H,4,6-7H2,1-3H3,(H2,21,27)(H,22,23,24). The molecule has 0 aliphatic carbocycles. The van der Waals surface area contributed by atoms with E-state index in [1.54, 1.807) is 20.8 Å². The summed E-state index contributed by atoms with van der Waals surface area (Å²) in [7, 11) is 0. The molecule has 3 N–H and O–H groups in total. The van der Waals surface area contributed by atoms with Crippen LogP contribution in [0.4, 0.5) is 15.0 Å². The monoisotopic (exact) mass is 424 g/mol. The van der Waals surface area contributed by atoms with Crippen molar-refractivity contribution in [3.8, 4) is 0 Å². The minimum absolute atomic E-state index is 0.0477. The van der Waals surface area contributed by atoms with Gasteiger partial charge in [-0.3, -0.25) is 4.79 Å². The van der Waals surface area contributed by atoms with Crippen LogP contribution in [0.3, 0.4) is 0 Å². The molecule has 1 fully saturated rings. The molecule has 11 heteroatoms. The number of piperidine rings is 1. The second-order valence-corrected chi connectivity index (χ2v) is 8.22. The van der Waals surface area contributed by atoms with Gasteiger partial charge in [0.25, 0.3) is 5.91 Å². The Hall–Kier alpha value is -2.75.